The minimum absolute atomic E-state index is 0.0310. The van der Waals surface area contributed by atoms with Crippen molar-refractivity contribution in [2.45, 2.75) is 0 Å². The highest BCUT2D eigenvalue weighted by molar-refractivity contribution is 6.98. The lowest BCUT2D eigenvalue weighted by molar-refractivity contribution is 0.465. The van der Waals surface area contributed by atoms with E-state index in [2.05, 4.69) is 144 Å². The van der Waals surface area contributed by atoms with Gasteiger partial charge >= 0.3 is 0 Å². The molecule has 0 saturated heterocycles. The fraction of sp³-hybridized carbons (Fsp3) is 0. The van der Waals surface area contributed by atoms with E-state index in [9.17, 15) is 0 Å². The number of ether oxygens (including phenoxy) is 2. The van der Waals surface area contributed by atoms with Crippen LogP contribution < -0.4 is 25.9 Å². The van der Waals surface area contributed by atoms with Crippen LogP contribution in [0.3, 0.4) is 0 Å². The van der Waals surface area contributed by atoms with Gasteiger partial charge in [0, 0.05) is 28.0 Å². The molecule has 2 aliphatic rings. The van der Waals surface area contributed by atoms with Crippen molar-refractivity contribution >= 4 is 77.2 Å². The lowest BCUT2D eigenvalue weighted by Crippen LogP contribution is -2.57. The van der Waals surface area contributed by atoms with Crippen LogP contribution >= 0.6 is 0 Å². The summed E-state index contributed by atoms with van der Waals surface area (Å²) in [6, 6.07) is 52.2. The summed E-state index contributed by atoms with van der Waals surface area (Å²) in [7, 11) is 0. The maximum absolute atomic E-state index is 6.76. The molecule has 9 aromatic rings. The van der Waals surface area contributed by atoms with Crippen LogP contribution in [0.25, 0.3) is 59.8 Å². The summed E-state index contributed by atoms with van der Waals surface area (Å²) in [5.41, 5.74) is 6.88. The van der Waals surface area contributed by atoms with E-state index >= 15 is 0 Å². The second-order valence-corrected chi connectivity index (χ2v) is 12.4. The van der Waals surface area contributed by atoms with Crippen molar-refractivity contribution in [3.63, 3.8) is 0 Å². The summed E-state index contributed by atoms with van der Waals surface area (Å²) >= 11 is 0. The Bertz CT molecular complexity index is 2760. The fourth-order valence-electron chi connectivity index (χ4n) is 8.15. The molecule has 8 aromatic carbocycles. The van der Waals surface area contributed by atoms with E-state index in [1.807, 2.05) is 6.07 Å². The molecule has 3 nitrogen and oxygen atoms in total. The number of aromatic nitrogens is 1. The van der Waals surface area contributed by atoms with Gasteiger partial charge in [0.05, 0.1) is 11.0 Å². The van der Waals surface area contributed by atoms with Gasteiger partial charge in [-0.2, -0.15) is 0 Å². The first-order valence-corrected chi connectivity index (χ1v) is 15.8. The quantitative estimate of drug-likeness (QED) is 0.142. The van der Waals surface area contributed by atoms with Crippen LogP contribution in [0.1, 0.15) is 0 Å². The van der Waals surface area contributed by atoms with E-state index in [0.29, 0.717) is 0 Å². The molecule has 3 heterocycles. The van der Waals surface area contributed by atoms with Crippen LogP contribution in [0.15, 0.2) is 146 Å². The summed E-state index contributed by atoms with van der Waals surface area (Å²) in [6.07, 6.45) is 0. The molecule has 4 heteroatoms. The molecule has 0 radical (unpaired) electrons. The van der Waals surface area contributed by atoms with Crippen LogP contribution in [0.4, 0.5) is 0 Å². The Morgan fingerprint density at radius 1 is 0.370 bits per heavy atom. The van der Waals surface area contributed by atoms with Crippen LogP contribution in [0, 0.1) is 0 Å². The summed E-state index contributed by atoms with van der Waals surface area (Å²) in [5.74, 6) is 3.50. The van der Waals surface area contributed by atoms with Crippen molar-refractivity contribution in [3.05, 3.63) is 146 Å². The van der Waals surface area contributed by atoms with Gasteiger partial charge in [0.2, 0.25) is 0 Å². The molecule has 0 unspecified atom stereocenters. The number of benzene rings is 8. The minimum atomic E-state index is -0.0310. The van der Waals surface area contributed by atoms with Gasteiger partial charge in [-0.1, -0.05) is 103 Å². The molecule has 0 bridgehead atoms. The number of hydrogen-bond acceptors (Lipinski definition) is 2. The normalized spacial score (nSPS) is 13.1. The standard InChI is InChI=1S/C42H24BNO2/c1-2-11-25(12-3-1)44-36-18-9-8-17-30(36)33-22-35-41(24-37(33)44)46-39-20-10-19-38-42(39)43(35)34-21-31-28-15-6-4-13-26(28)27-14-5-7-16-29(27)32(31)23-40(34)45-38/h1-24H. The van der Waals surface area contributed by atoms with Gasteiger partial charge in [0.1, 0.15) is 23.0 Å². The number of nitrogens with zero attached hydrogens (tertiary/aromatic N) is 1. The Morgan fingerprint density at radius 2 is 0.891 bits per heavy atom. The molecule has 0 saturated carbocycles. The number of para-hydroxylation sites is 2. The first-order chi connectivity index (χ1) is 22.8. The molecule has 0 spiro atoms. The van der Waals surface area contributed by atoms with E-state index in [0.717, 1.165) is 45.1 Å². The predicted molar refractivity (Wildman–Crippen MR) is 191 cm³/mol. The Kier molecular flexibility index (Phi) is 4.66. The molecular formula is C42H24BNO2. The van der Waals surface area contributed by atoms with Crippen molar-refractivity contribution in [3.8, 4) is 28.7 Å². The van der Waals surface area contributed by atoms with Gasteiger partial charge in [-0.25, -0.2) is 0 Å². The van der Waals surface area contributed by atoms with Crippen LogP contribution in [-0.4, -0.2) is 11.3 Å². The third-order valence-electron chi connectivity index (χ3n) is 10.1. The van der Waals surface area contributed by atoms with Gasteiger partial charge in [-0.15, -0.1) is 0 Å². The summed E-state index contributed by atoms with van der Waals surface area (Å²) in [5, 5.41) is 9.92. The minimum Gasteiger partial charge on any atom is -0.458 e. The number of hydrogen-bond donors (Lipinski definition) is 0. The highest BCUT2D eigenvalue weighted by Crippen LogP contribution is 2.42. The highest BCUT2D eigenvalue weighted by Gasteiger charge is 2.41. The van der Waals surface area contributed by atoms with Crippen molar-refractivity contribution in [1.82, 2.24) is 4.57 Å². The zero-order valence-electron chi connectivity index (χ0n) is 24.7. The zero-order valence-corrected chi connectivity index (χ0v) is 24.7. The van der Waals surface area contributed by atoms with Crippen molar-refractivity contribution in [2.75, 3.05) is 0 Å². The largest absolute Gasteiger partial charge is 0.458 e. The van der Waals surface area contributed by atoms with Crippen molar-refractivity contribution in [1.29, 1.82) is 0 Å². The Morgan fingerprint density at radius 3 is 1.57 bits per heavy atom. The average molecular weight is 585 g/mol. The van der Waals surface area contributed by atoms with E-state index < -0.39 is 0 Å². The Hall–Kier alpha value is -6.00. The monoisotopic (exact) mass is 585 g/mol. The van der Waals surface area contributed by atoms with E-state index in [-0.39, 0.29) is 6.71 Å². The SMILES string of the molecule is c1ccc(-n2c3ccccc3c3cc4c(cc32)Oc2cccc3c2B4c2cc4c5ccccc5c5ccccc5c4cc2O3)cc1. The topological polar surface area (TPSA) is 23.4 Å². The number of rotatable bonds is 1. The van der Waals surface area contributed by atoms with Gasteiger partial charge in [-0.05, 0) is 79.6 Å². The molecule has 0 aliphatic carbocycles. The third kappa shape index (κ3) is 3.13. The molecule has 2 aliphatic heterocycles. The summed E-state index contributed by atoms with van der Waals surface area (Å²) in [4.78, 5) is 0. The molecule has 0 fully saturated rings. The summed E-state index contributed by atoms with van der Waals surface area (Å²) < 4.78 is 15.9. The molecular weight excluding hydrogens is 561 g/mol. The Balaban J connectivity index is 1.25. The van der Waals surface area contributed by atoms with Gasteiger partial charge in [0.15, 0.2) is 0 Å². The van der Waals surface area contributed by atoms with Gasteiger partial charge < -0.3 is 14.0 Å². The highest BCUT2D eigenvalue weighted by atomic mass is 16.5. The second kappa shape index (κ2) is 8.80. The molecule has 0 amide bonds. The van der Waals surface area contributed by atoms with Gasteiger partial charge in [-0.3, -0.25) is 0 Å². The Labute approximate surface area is 264 Å². The second-order valence-electron chi connectivity index (χ2n) is 12.4. The first-order valence-electron chi connectivity index (χ1n) is 15.8. The van der Waals surface area contributed by atoms with Crippen LogP contribution in [-0.2, 0) is 0 Å². The average Bonchev–Trinajstić information content (AvgIpc) is 3.43. The smallest absolute Gasteiger partial charge is 0.260 e. The predicted octanol–water partition coefficient (Wildman–Crippen LogP) is 8.97. The van der Waals surface area contributed by atoms with Crippen molar-refractivity contribution in [2.24, 2.45) is 0 Å². The van der Waals surface area contributed by atoms with E-state index in [1.165, 1.54) is 54.1 Å². The molecule has 0 atom stereocenters. The molecule has 11 rings (SSSR count). The van der Waals surface area contributed by atoms with E-state index in [4.69, 9.17) is 9.47 Å². The van der Waals surface area contributed by atoms with Crippen LogP contribution in [0.5, 0.6) is 23.0 Å². The lowest BCUT2D eigenvalue weighted by atomic mass is 9.34. The van der Waals surface area contributed by atoms with Gasteiger partial charge in [0.25, 0.3) is 6.71 Å². The maximum atomic E-state index is 6.76. The molecule has 1 aromatic heterocycles. The maximum Gasteiger partial charge on any atom is 0.260 e. The third-order valence-corrected chi connectivity index (χ3v) is 10.1. The van der Waals surface area contributed by atoms with E-state index in [1.54, 1.807) is 0 Å². The number of fused-ring (bicyclic) bond motifs is 13. The first kappa shape index (κ1) is 24.3. The summed E-state index contributed by atoms with van der Waals surface area (Å²) in [6.45, 7) is -0.0310. The molecule has 46 heavy (non-hydrogen) atoms. The van der Waals surface area contributed by atoms with Crippen LogP contribution in [0.2, 0.25) is 0 Å². The lowest BCUT2D eigenvalue weighted by Gasteiger charge is -2.33. The molecule has 0 N–H and O–H groups in total. The fourth-order valence-corrected chi connectivity index (χ4v) is 8.15. The molecule has 212 valence electrons. The zero-order chi connectivity index (χ0) is 29.9. The van der Waals surface area contributed by atoms with Crippen molar-refractivity contribution < 1.29 is 9.47 Å².